The molecule has 4 rings (SSSR count). The highest BCUT2D eigenvalue weighted by Crippen LogP contribution is 2.43. The zero-order valence-corrected chi connectivity index (χ0v) is 12.4. The Labute approximate surface area is 120 Å². The summed E-state index contributed by atoms with van der Waals surface area (Å²) in [5.41, 5.74) is 1.36. The Morgan fingerprint density at radius 2 is 2.15 bits per heavy atom. The van der Waals surface area contributed by atoms with Crippen LogP contribution in [0.2, 0.25) is 0 Å². The predicted molar refractivity (Wildman–Crippen MR) is 79.6 cm³/mol. The van der Waals surface area contributed by atoms with Gasteiger partial charge in [-0.15, -0.1) is 0 Å². The summed E-state index contributed by atoms with van der Waals surface area (Å²) in [4.78, 5) is 9.71. The minimum absolute atomic E-state index is 0.456. The summed E-state index contributed by atoms with van der Waals surface area (Å²) in [6, 6.07) is 3.30. The van der Waals surface area contributed by atoms with E-state index in [0.717, 1.165) is 43.7 Å². The van der Waals surface area contributed by atoms with E-state index in [0.29, 0.717) is 12.1 Å². The molecule has 1 aliphatic carbocycles. The summed E-state index contributed by atoms with van der Waals surface area (Å²) >= 11 is 0. The normalized spacial score (nSPS) is 26.1. The molecule has 0 radical (unpaired) electrons. The molecule has 2 aliphatic heterocycles. The second kappa shape index (κ2) is 4.62. The van der Waals surface area contributed by atoms with Crippen LogP contribution in [0.3, 0.4) is 0 Å². The molecule has 0 amide bonds. The molecular weight excluding hydrogens is 250 g/mol. The van der Waals surface area contributed by atoms with Crippen molar-refractivity contribution in [1.29, 1.82) is 0 Å². The van der Waals surface area contributed by atoms with Crippen LogP contribution in [0, 0.1) is 0 Å². The van der Waals surface area contributed by atoms with E-state index in [1.54, 1.807) is 0 Å². The van der Waals surface area contributed by atoms with Gasteiger partial charge in [0.25, 0.3) is 0 Å². The van der Waals surface area contributed by atoms with Crippen LogP contribution >= 0.6 is 0 Å². The van der Waals surface area contributed by atoms with Crippen molar-refractivity contribution in [2.24, 2.45) is 0 Å². The van der Waals surface area contributed by atoms with Gasteiger partial charge in [-0.3, -0.25) is 4.90 Å². The Balaban J connectivity index is 1.58. The van der Waals surface area contributed by atoms with Crippen LogP contribution in [-0.2, 0) is 0 Å². The van der Waals surface area contributed by atoms with Crippen LogP contribution in [-0.4, -0.2) is 48.2 Å². The monoisotopic (exact) mass is 273 g/mol. The number of hydrogen-bond donors (Lipinski definition) is 0. The number of anilines is 1. The largest absolute Gasteiger partial charge is 0.487 e. The Morgan fingerprint density at radius 1 is 1.30 bits per heavy atom. The Morgan fingerprint density at radius 3 is 2.90 bits per heavy atom. The van der Waals surface area contributed by atoms with Crippen molar-refractivity contribution in [2.75, 3.05) is 31.1 Å². The molecule has 2 fully saturated rings. The molecule has 1 unspecified atom stereocenters. The lowest BCUT2D eigenvalue weighted by atomic mass is 10.1. The third-order valence-electron chi connectivity index (χ3n) is 4.85. The van der Waals surface area contributed by atoms with Gasteiger partial charge in [0.2, 0.25) is 0 Å². The minimum Gasteiger partial charge on any atom is -0.487 e. The van der Waals surface area contributed by atoms with Crippen molar-refractivity contribution in [3.05, 3.63) is 17.8 Å². The first-order valence-corrected chi connectivity index (χ1v) is 7.86. The first-order chi connectivity index (χ1) is 9.72. The first kappa shape index (κ1) is 12.5. The maximum atomic E-state index is 6.01. The summed E-state index contributed by atoms with van der Waals surface area (Å²) in [6.45, 7) is 8.62. The van der Waals surface area contributed by atoms with Crippen LogP contribution in [0.15, 0.2) is 12.3 Å². The molecule has 0 aromatic carbocycles. The van der Waals surface area contributed by atoms with E-state index in [1.165, 1.54) is 18.4 Å². The van der Waals surface area contributed by atoms with Crippen molar-refractivity contribution in [3.63, 3.8) is 0 Å². The highest BCUT2D eigenvalue weighted by Gasteiger charge is 2.35. The van der Waals surface area contributed by atoms with Gasteiger partial charge in [0.05, 0.1) is 6.04 Å². The van der Waals surface area contributed by atoms with Gasteiger partial charge in [-0.05, 0) is 44.2 Å². The molecule has 1 atom stereocenters. The summed E-state index contributed by atoms with van der Waals surface area (Å²) in [5, 5.41) is 0. The van der Waals surface area contributed by atoms with Crippen molar-refractivity contribution < 1.29 is 4.74 Å². The van der Waals surface area contributed by atoms with E-state index < -0.39 is 0 Å². The molecule has 4 nitrogen and oxygen atoms in total. The Hall–Kier alpha value is -1.29. The van der Waals surface area contributed by atoms with Crippen molar-refractivity contribution >= 4 is 5.82 Å². The number of rotatable bonds is 2. The van der Waals surface area contributed by atoms with Gasteiger partial charge in [0.1, 0.15) is 6.61 Å². The molecule has 20 heavy (non-hydrogen) atoms. The van der Waals surface area contributed by atoms with E-state index in [2.05, 4.69) is 35.9 Å². The zero-order chi connectivity index (χ0) is 13.7. The number of fused-ring (bicyclic) bond motifs is 3. The number of nitrogens with zero attached hydrogens (tertiary/aromatic N) is 3. The Kier molecular flexibility index (Phi) is 2.88. The first-order valence-electron chi connectivity index (χ1n) is 7.86. The molecule has 4 heteroatoms. The highest BCUT2D eigenvalue weighted by atomic mass is 16.5. The summed E-state index contributed by atoms with van der Waals surface area (Å²) in [6.07, 6.45) is 4.70. The lowest BCUT2D eigenvalue weighted by molar-refractivity contribution is 0.140. The molecular formula is C16H23N3O. The fraction of sp³-hybridized carbons (Fsp3) is 0.688. The molecule has 1 saturated heterocycles. The van der Waals surface area contributed by atoms with Gasteiger partial charge in [0, 0.05) is 31.9 Å². The highest BCUT2D eigenvalue weighted by molar-refractivity contribution is 5.57. The molecule has 0 spiro atoms. The van der Waals surface area contributed by atoms with Crippen molar-refractivity contribution in [1.82, 2.24) is 9.88 Å². The summed E-state index contributed by atoms with van der Waals surface area (Å²) in [7, 11) is 0. The van der Waals surface area contributed by atoms with E-state index >= 15 is 0 Å². The molecule has 0 N–H and O–H groups in total. The summed E-state index contributed by atoms with van der Waals surface area (Å²) in [5.74, 6) is 2.81. The number of aromatic nitrogens is 1. The van der Waals surface area contributed by atoms with Crippen LogP contribution < -0.4 is 9.64 Å². The van der Waals surface area contributed by atoms with Gasteiger partial charge in [-0.1, -0.05) is 0 Å². The molecule has 108 valence electrons. The number of ether oxygens (including phenoxy) is 1. The van der Waals surface area contributed by atoms with Crippen LogP contribution in [0.1, 0.15) is 38.2 Å². The molecule has 3 aliphatic rings. The fourth-order valence-electron chi connectivity index (χ4n) is 3.37. The van der Waals surface area contributed by atoms with Crippen molar-refractivity contribution in [3.8, 4) is 5.75 Å². The van der Waals surface area contributed by atoms with Crippen LogP contribution in [0.4, 0.5) is 5.82 Å². The number of pyridine rings is 1. The van der Waals surface area contributed by atoms with Crippen LogP contribution in [0.25, 0.3) is 0 Å². The van der Waals surface area contributed by atoms with E-state index in [4.69, 9.17) is 9.72 Å². The molecule has 3 heterocycles. The Bertz CT molecular complexity index is 512. The van der Waals surface area contributed by atoms with Gasteiger partial charge >= 0.3 is 0 Å². The maximum absolute atomic E-state index is 6.01. The van der Waals surface area contributed by atoms with Crippen LogP contribution in [0.5, 0.6) is 5.75 Å². The lowest BCUT2D eigenvalue weighted by Gasteiger charge is -2.46. The summed E-state index contributed by atoms with van der Waals surface area (Å²) < 4.78 is 6.01. The average molecular weight is 273 g/mol. The molecule has 1 saturated carbocycles. The SMILES string of the molecule is CC(C)N1CCN2c3ncc(C4CC4)cc3OCC2C1. The topological polar surface area (TPSA) is 28.6 Å². The predicted octanol–water partition coefficient (Wildman–Crippen LogP) is 2.25. The quantitative estimate of drug-likeness (QED) is 0.826. The fourth-order valence-corrected chi connectivity index (χ4v) is 3.37. The second-order valence-corrected chi connectivity index (χ2v) is 6.61. The van der Waals surface area contributed by atoms with Gasteiger partial charge in [-0.2, -0.15) is 0 Å². The third-order valence-corrected chi connectivity index (χ3v) is 4.85. The van der Waals surface area contributed by atoms with E-state index in [1.807, 2.05) is 0 Å². The van der Waals surface area contributed by atoms with Gasteiger partial charge in [-0.25, -0.2) is 4.98 Å². The standard InChI is InChI=1S/C16H23N3O/c1-11(2)18-5-6-19-14(9-18)10-20-15-7-13(12-3-4-12)8-17-16(15)19/h7-8,11-12,14H,3-6,9-10H2,1-2H3. The van der Waals surface area contributed by atoms with E-state index in [-0.39, 0.29) is 0 Å². The van der Waals surface area contributed by atoms with Crippen molar-refractivity contribution in [2.45, 2.75) is 44.7 Å². The molecule has 0 bridgehead atoms. The average Bonchev–Trinajstić information content (AvgIpc) is 3.30. The molecule has 1 aromatic heterocycles. The van der Waals surface area contributed by atoms with Gasteiger partial charge < -0.3 is 9.64 Å². The second-order valence-electron chi connectivity index (χ2n) is 6.61. The lowest BCUT2D eigenvalue weighted by Crippen LogP contribution is -2.58. The zero-order valence-electron chi connectivity index (χ0n) is 12.4. The third kappa shape index (κ3) is 2.06. The van der Waals surface area contributed by atoms with Gasteiger partial charge in [0.15, 0.2) is 11.6 Å². The molecule has 1 aromatic rings. The number of piperazine rings is 1. The maximum Gasteiger partial charge on any atom is 0.171 e. The van der Waals surface area contributed by atoms with E-state index in [9.17, 15) is 0 Å². The number of hydrogen-bond acceptors (Lipinski definition) is 4. The minimum atomic E-state index is 0.456. The smallest absolute Gasteiger partial charge is 0.171 e.